The van der Waals surface area contributed by atoms with Crippen LogP contribution in [0.15, 0.2) is 0 Å². The molecule has 13 heteroatoms. The minimum Gasteiger partial charge on any atom is -0.394 e. The molecule has 5 fully saturated rings. The molecule has 6 N–H and O–H groups in total. The highest BCUT2D eigenvalue weighted by Gasteiger charge is 2.73. The average molecular weight is 463 g/mol. The van der Waals surface area contributed by atoms with E-state index in [0.717, 1.165) is 25.7 Å². The molecule has 1 unspecified atom stereocenters. The van der Waals surface area contributed by atoms with Gasteiger partial charge < -0.3 is 29.9 Å². The Kier molecular flexibility index (Phi) is 5.52. The summed E-state index contributed by atoms with van der Waals surface area (Å²) in [5.74, 6) is -1.33. The van der Waals surface area contributed by atoms with Crippen molar-refractivity contribution in [1.82, 2.24) is 10.2 Å². The van der Waals surface area contributed by atoms with Gasteiger partial charge in [0.25, 0.3) is 0 Å². The van der Waals surface area contributed by atoms with Gasteiger partial charge in [-0.1, -0.05) is 12.8 Å². The van der Waals surface area contributed by atoms with Crippen LogP contribution < -0.4 is 10.2 Å². The van der Waals surface area contributed by atoms with Crippen molar-refractivity contribution >= 4 is 20.0 Å². The summed E-state index contributed by atoms with van der Waals surface area (Å²) in [6.45, 7) is -0.578. The molecule has 2 saturated carbocycles. The van der Waals surface area contributed by atoms with Crippen LogP contribution in [0.4, 0.5) is 0 Å². The van der Waals surface area contributed by atoms with Gasteiger partial charge in [0.15, 0.2) is 11.7 Å². The first-order chi connectivity index (χ1) is 14.8. The average Bonchev–Trinajstić information content (AvgIpc) is 3.06. The van der Waals surface area contributed by atoms with Crippen molar-refractivity contribution in [2.24, 2.45) is 5.41 Å². The van der Waals surface area contributed by atoms with E-state index >= 15 is 0 Å². The Labute approximate surface area is 178 Å². The quantitative estimate of drug-likeness (QED) is 0.206. The maximum atomic E-state index is 12.9. The van der Waals surface area contributed by atoms with Crippen molar-refractivity contribution in [1.29, 1.82) is 0 Å². The van der Waals surface area contributed by atoms with Crippen molar-refractivity contribution in [3.05, 3.63) is 0 Å². The van der Waals surface area contributed by atoms with Gasteiger partial charge in [0.05, 0.1) is 24.8 Å². The molecule has 0 aromatic carbocycles. The summed E-state index contributed by atoms with van der Waals surface area (Å²) in [6, 6.07) is 0.223. The fraction of sp³-hybridized carbons (Fsp3) is 0.889. The standard InChI is InChI=1S/C18H28N2O10P/c21-7-11-12(22)13(23)14(24)15(28-11)27-8-5-18(6-8)16(25)29-31(30-17(18)26)19-9-3-1-2-4-10(9)20-31/h8-15,19-24H,1-7H2/q+1/t9-,10-,11-,12-,13+,14-,15?/m1/s1. The largest absolute Gasteiger partial charge is 0.526 e. The fourth-order valence-electron chi connectivity index (χ4n) is 5.05. The molecule has 5 rings (SSSR count). The van der Waals surface area contributed by atoms with Gasteiger partial charge in [-0.3, -0.25) is 0 Å². The zero-order valence-corrected chi connectivity index (χ0v) is 17.6. The number of rotatable bonds is 3. The predicted molar refractivity (Wildman–Crippen MR) is 102 cm³/mol. The van der Waals surface area contributed by atoms with E-state index in [4.69, 9.17) is 18.5 Å². The van der Waals surface area contributed by atoms with E-state index in [1.165, 1.54) is 0 Å². The molecule has 7 atom stereocenters. The van der Waals surface area contributed by atoms with Crippen LogP contribution in [0.3, 0.4) is 0 Å². The molecule has 5 aliphatic rings. The number of fused-ring (bicyclic) bond motifs is 1. The van der Waals surface area contributed by atoms with E-state index < -0.39 is 68.8 Å². The predicted octanol–water partition coefficient (Wildman–Crippen LogP) is -1.77. The summed E-state index contributed by atoms with van der Waals surface area (Å²) in [5.41, 5.74) is -1.47. The maximum Gasteiger partial charge on any atom is 0.526 e. The van der Waals surface area contributed by atoms with E-state index in [9.17, 15) is 30.0 Å². The van der Waals surface area contributed by atoms with Gasteiger partial charge in [0.2, 0.25) is 0 Å². The Morgan fingerprint density at radius 3 is 2.10 bits per heavy atom. The SMILES string of the molecule is O=C1O[P+]2(N[C@@H]3CCCC[C@H]3N2)OC(=O)C12CC(OC1O[C@H](CO)[C@@H](O)[C@H](O)[C@H]1O)C2. The molecule has 3 saturated heterocycles. The van der Waals surface area contributed by atoms with Crippen molar-refractivity contribution in [3.8, 4) is 0 Å². The third-order valence-electron chi connectivity index (χ3n) is 6.97. The second-order valence-corrected chi connectivity index (χ2v) is 11.0. The van der Waals surface area contributed by atoms with Crippen LogP contribution in [0.2, 0.25) is 0 Å². The summed E-state index contributed by atoms with van der Waals surface area (Å²) < 4.78 is 22.2. The van der Waals surface area contributed by atoms with Gasteiger partial charge in [-0.2, -0.15) is 0 Å². The molecule has 0 radical (unpaired) electrons. The molecule has 31 heavy (non-hydrogen) atoms. The van der Waals surface area contributed by atoms with Gasteiger partial charge in [-0.25, -0.2) is 18.6 Å². The van der Waals surface area contributed by atoms with Crippen molar-refractivity contribution in [2.75, 3.05) is 6.61 Å². The Morgan fingerprint density at radius 1 is 0.968 bits per heavy atom. The molecule has 3 heterocycles. The lowest BCUT2D eigenvalue weighted by molar-refractivity contribution is -0.321. The lowest BCUT2D eigenvalue weighted by Crippen LogP contribution is -2.62. The number of hydrogen-bond donors (Lipinski definition) is 6. The summed E-state index contributed by atoms with van der Waals surface area (Å²) in [4.78, 5) is 25.7. The first-order valence-corrected chi connectivity index (χ1v) is 12.3. The Hall–Kier alpha value is -0.950. The van der Waals surface area contributed by atoms with Gasteiger partial charge >= 0.3 is 20.0 Å². The van der Waals surface area contributed by atoms with E-state index in [1.807, 2.05) is 0 Å². The van der Waals surface area contributed by atoms with Crippen LogP contribution in [0.1, 0.15) is 38.5 Å². The number of aliphatic hydroxyl groups excluding tert-OH is 4. The molecule has 0 amide bonds. The Morgan fingerprint density at radius 2 is 1.55 bits per heavy atom. The molecule has 2 aliphatic carbocycles. The Balaban J connectivity index is 1.21. The van der Waals surface area contributed by atoms with E-state index in [-0.39, 0.29) is 24.9 Å². The number of ether oxygens (including phenoxy) is 2. The van der Waals surface area contributed by atoms with Crippen LogP contribution in [-0.4, -0.2) is 87.9 Å². The highest BCUT2D eigenvalue weighted by Crippen LogP contribution is 2.66. The molecule has 0 aromatic rings. The van der Waals surface area contributed by atoms with Crippen molar-refractivity contribution < 1.29 is 48.5 Å². The molecule has 3 aliphatic heterocycles. The molecular weight excluding hydrogens is 435 g/mol. The first-order valence-electron chi connectivity index (χ1n) is 10.7. The second kappa shape index (κ2) is 7.82. The highest BCUT2D eigenvalue weighted by atomic mass is 31.2. The van der Waals surface area contributed by atoms with Gasteiger partial charge in [0, 0.05) is 12.8 Å². The molecule has 0 bridgehead atoms. The van der Waals surface area contributed by atoms with Crippen LogP contribution in [0, 0.1) is 5.41 Å². The lowest BCUT2D eigenvalue weighted by atomic mass is 9.66. The topological polar surface area (TPSA) is 176 Å². The third-order valence-corrected chi connectivity index (χ3v) is 9.16. The molecule has 174 valence electrons. The smallest absolute Gasteiger partial charge is 0.394 e. The van der Waals surface area contributed by atoms with E-state index in [0.29, 0.717) is 0 Å². The second-order valence-electron chi connectivity index (χ2n) is 9.01. The maximum absolute atomic E-state index is 12.9. The minimum absolute atomic E-state index is 0.0213. The summed E-state index contributed by atoms with van der Waals surface area (Å²) in [6.07, 6.45) is -3.73. The summed E-state index contributed by atoms with van der Waals surface area (Å²) in [7, 11) is -3.00. The zero-order valence-electron chi connectivity index (χ0n) is 16.8. The lowest BCUT2D eigenvalue weighted by Gasteiger charge is -2.47. The van der Waals surface area contributed by atoms with Gasteiger partial charge in [-0.15, -0.1) is 10.2 Å². The minimum atomic E-state index is -3.00. The Bertz CT molecular complexity index is 711. The normalized spacial score (nSPS) is 51.9. The van der Waals surface area contributed by atoms with Gasteiger partial charge in [0.1, 0.15) is 24.4 Å². The summed E-state index contributed by atoms with van der Waals surface area (Å²) in [5, 5.41) is 45.5. The monoisotopic (exact) mass is 463 g/mol. The van der Waals surface area contributed by atoms with E-state index in [1.54, 1.807) is 0 Å². The number of carbonyl (C=O) groups excluding carboxylic acids is 2. The number of nitrogens with one attached hydrogen (secondary N) is 2. The first kappa shape index (κ1) is 21.9. The fourth-order valence-corrected chi connectivity index (χ4v) is 7.68. The van der Waals surface area contributed by atoms with Crippen molar-refractivity contribution in [3.63, 3.8) is 0 Å². The zero-order chi connectivity index (χ0) is 22.0. The van der Waals surface area contributed by atoms with Crippen LogP contribution in [0.25, 0.3) is 0 Å². The molecular formula is C18H28N2O10P+. The molecule has 0 aromatic heterocycles. The molecule has 12 nitrogen and oxygen atoms in total. The third kappa shape index (κ3) is 3.49. The highest BCUT2D eigenvalue weighted by molar-refractivity contribution is 7.64. The molecule has 2 spiro atoms. The number of aliphatic hydroxyl groups is 4. The summed E-state index contributed by atoms with van der Waals surface area (Å²) >= 11 is 0. The van der Waals surface area contributed by atoms with Gasteiger partial charge in [-0.05, 0) is 12.8 Å². The van der Waals surface area contributed by atoms with Crippen molar-refractivity contribution in [2.45, 2.75) is 87.4 Å². The van der Waals surface area contributed by atoms with Crippen LogP contribution >= 0.6 is 8.02 Å². The van der Waals surface area contributed by atoms with E-state index in [2.05, 4.69) is 10.2 Å². The van der Waals surface area contributed by atoms with Crippen LogP contribution in [0.5, 0.6) is 0 Å². The van der Waals surface area contributed by atoms with Crippen LogP contribution in [-0.2, 0) is 28.1 Å². The number of hydrogen-bond acceptors (Lipinski definition) is 12. The number of carbonyl (C=O) groups is 2.